The first kappa shape index (κ1) is 21.1. The van der Waals surface area contributed by atoms with Crippen molar-refractivity contribution in [2.45, 2.75) is 32.9 Å². The highest BCUT2D eigenvalue weighted by Crippen LogP contribution is 2.29. The molecule has 0 unspecified atom stereocenters. The number of benzene rings is 1. The van der Waals surface area contributed by atoms with Crippen LogP contribution in [0.2, 0.25) is 0 Å². The molecule has 1 atom stereocenters. The number of hydrogen-bond acceptors (Lipinski definition) is 5. The number of carbonyl (C=O) groups is 1. The lowest BCUT2D eigenvalue weighted by molar-refractivity contribution is 0.0692. The summed E-state index contributed by atoms with van der Waals surface area (Å²) in [5.74, 6) is -1.75. The van der Waals surface area contributed by atoms with Gasteiger partial charge in [0, 0.05) is 32.4 Å². The van der Waals surface area contributed by atoms with E-state index >= 15 is 0 Å². The Balaban J connectivity index is 1.85. The Morgan fingerprint density at radius 3 is 2.76 bits per heavy atom. The van der Waals surface area contributed by atoms with Crippen LogP contribution < -0.4 is 4.90 Å². The summed E-state index contributed by atoms with van der Waals surface area (Å²) in [5, 5.41) is 17.5. The first-order valence-electron chi connectivity index (χ1n) is 9.76. The van der Waals surface area contributed by atoms with Crippen molar-refractivity contribution in [3.8, 4) is 0 Å². The predicted molar refractivity (Wildman–Crippen MR) is 106 cm³/mol. The number of halogens is 2. The number of aromatic carboxylic acids is 1. The van der Waals surface area contributed by atoms with Crippen LogP contribution in [0.5, 0.6) is 0 Å². The summed E-state index contributed by atoms with van der Waals surface area (Å²) < 4.78 is 28.4. The van der Waals surface area contributed by atoms with Crippen LogP contribution in [0.1, 0.15) is 35.5 Å². The first-order chi connectivity index (χ1) is 13.9. The minimum atomic E-state index is -1.31. The average Bonchev–Trinajstić information content (AvgIpc) is 2.67. The topological polar surface area (TPSA) is 69.6 Å². The molecule has 1 fully saturated rings. The van der Waals surface area contributed by atoms with Gasteiger partial charge >= 0.3 is 5.97 Å². The Morgan fingerprint density at radius 2 is 2.14 bits per heavy atom. The zero-order chi connectivity index (χ0) is 21.0. The predicted octanol–water partition coefficient (Wildman–Crippen LogP) is 3.17. The SMILES string of the molecule is CC(C)Cc1cc(F)c(C(=O)O)c(N2CCN(Cc3cccnn3)[C@@H](CF)C2)c1. The molecular formula is C21H26F2N4O2. The van der Waals surface area contributed by atoms with Crippen LogP contribution in [0.15, 0.2) is 30.5 Å². The lowest BCUT2D eigenvalue weighted by Crippen LogP contribution is -2.54. The third kappa shape index (κ3) is 5.06. The summed E-state index contributed by atoms with van der Waals surface area (Å²) in [6.45, 7) is 5.18. The monoisotopic (exact) mass is 404 g/mol. The van der Waals surface area contributed by atoms with Gasteiger partial charge in [0.1, 0.15) is 18.1 Å². The fourth-order valence-corrected chi connectivity index (χ4v) is 3.79. The van der Waals surface area contributed by atoms with Gasteiger partial charge in [-0.3, -0.25) is 4.90 Å². The van der Waals surface area contributed by atoms with Gasteiger partial charge in [0.05, 0.1) is 17.4 Å². The Morgan fingerprint density at radius 1 is 1.34 bits per heavy atom. The van der Waals surface area contributed by atoms with E-state index in [1.165, 1.54) is 6.07 Å². The van der Waals surface area contributed by atoms with Gasteiger partial charge in [-0.2, -0.15) is 10.2 Å². The second-order valence-corrected chi connectivity index (χ2v) is 7.81. The zero-order valence-corrected chi connectivity index (χ0v) is 16.7. The third-order valence-corrected chi connectivity index (χ3v) is 5.10. The number of carboxylic acid groups (broad SMARTS) is 1. The van der Waals surface area contributed by atoms with Crippen molar-refractivity contribution in [2.75, 3.05) is 31.2 Å². The number of alkyl halides is 1. The molecule has 0 bridgehead atoms. The molecule has 1 aromatic heterocycles. The molecule has 1 saturated heterocycles. The van der Waals surface area contributed by atoms with E-state index in [0.29, 0.717) is 37.7 Å². The molecule has 1 N–H and O–H groups in total. The van der Waals surface area contributed by atoms with E-state index in [9.17, 15) is 18.7 Å². The number of carboxylic acids is 1. The number of hydrogen-bond donors (Lipinski definition) is 1. The van der Waals surface area contributed by atoms with Crippen LogP contribution in [0.3, 0.4) is 0 Å². The average molecular weight is 404 g/mol. The van der Waals surface area contributed by atoms with Crippen LogP contribution in [-0.2, 0) is 13.0 Å². The zero-order valence-electron chi connectivity index (χ0n) is 16.7. The first-order valence-corrected chi connectivity index (χ1v) is 9.76. The maximum Gasteiger partial charge on any atom is 0.340 e. The summed E-state index contributed by atoms with van der Waals surface area (Å²) in [7, 11) is 0. The number of piperazine rings is 1. The van der Waals surface area contributed by atoms with Gasteiger partial charge in [-0.05, 0) is 42.2 Å². The highest BCUT2D eigenvalue weighted by molar-refractivity contribution is 5.95. The molecule has 6 nitrogen and oxygen atoms in total. The van der Waals surface area contributed by atoms with Crippen molar-refractivity contribution < 1.29 is 18.7 Å². The summed E-state index contributed by atoms with van der Waals surface area (Å²) in [4.78, 5) is 15.5. The van der Waals surface area contributed by atoms with E-state index in [1.807, 2.05) is 24.8 Å². The Hall–Kier alpha value is -2.61. The van der Waals surface area contributed by atoms with Gasteiger partial charge in [-0.25, -0.2) is 13.6 Å². The van der Waals surface area contributed by atoms with Gasteiger partial charge in [0.2, 0.25) is 0 Å². The van der Waals surface area contributed by atoms with E-state index in [4.69, 9.17) is 0 Å². The standard InChI is InChI=1S/C21H26F2N4O2/c1-14(2)8-15-9-18(23)20(21(28)29)19(10-15)27-7-6-26(17(11-22)13-27)12-16-4-3-5-24-25-16/h3-5,9-10,14,17H,6-8,11-13H2,1-2H3,(H,28,29)/t17-/m0/s1. The normalized spacial score (nSPS) is 17.7. The Bertz CT molecular complexity index is 848. The third-order valence-electron chi connectivity index (χ3n) is 5.10. The Kier molecular flexibility index (Phi) is 6.74. The quantitative estimate of drug-likeness (QED) is 0.765. The highest BCUT2D eigenvalue weighted by atomic mass is 19.1. The van der Waals surface area contributed by atoms with Crippen LogP contribution in [0.4, 0.5) is 14.5 Å². The van der Waals surface area contributed by atoms with E-state index in [1.54, 1.807) is 23.2 Å². The van der Waals surface area contributed by atoms with E-state index in [-0.39, 0.29) is 12.1 Å². The molecule has 0 saturated carbocycles. The molecule has 0 amide bonds. The van der Waals surface area contributed by atoms with E-state index in [2.05, 4.69) is 10.2 Å². The van der Waals surface area contributed by atoms with E-state index in [0.717, 1.165) is 11.3 Å². The fourth-order valence-electron chi connectivity index (χ4n) is 3.79. The molecule has 29 heavy (non-hydrogen) atoms. The summed E-state index contributed by atoms with van der Waals surface area (Å²) >= 11 is 0. The molecule has 3 rings (SSSR count). The molecule has 0 aliphatic carbocycles. The molecule has 2 aromatic rings. The van der Waals surface area contributed by atoms with Crippen LogP contribution >= 0.6 is 0 Å². The molecule has 1 aromatic carbocycles. The molecule has 8 heteroatoms. The van der Waals surface area contributed by atoms with Crippen molar-refractivity contribution in [3.05, 3.63) is 53.1 Å². The minimum absolute atomic E-state index is 0.279. The van der Waals surface area contributed by atoms with Crippen molar-refractivity contribution in [2.24, 2.45) is 5.92 Å². The molecule has 0 radical (unpaired) electrons. The molecule has 1 aliphatic rings. The summed E-state index contributed by atoms with van der Waals surface area (Å²) in [6.07, 6.45) is 2.23. The Labute approximate surface area is 169 Å². The largest absolute Gasteiger partial charge is 0.478 e. The smallest absolute Gasteiger partial charge is 0.340 e. The number of nitrogens with zero attached hydrogens (tertiary/aromatic N) is 4. The molecular weight excluding hydrogens is 378 g/mol. The van der Waals surface area contributed by atoms with Gasteiger partial charge in [-0.1, -0.05) is 13.8 Å². The van der Waals surface area contributed by atoms with Crippen molar-refractivity contribution in [1.82, 2.24) is 15.1 Å². The van der Waals surface area contributed by atoms with E-state index < -0.39 is 24.5 Å². The highest BCUT2D eigenvalue weighted by Gasteiger charge is 2.31. The van der Waals surface area contributed by atoms with Crippen molar-refractivity contribution in [3.63, 3.8) is 0 Å². The maximum atomic E-state index is 14.6. The minimum Gasteiger partial charge on any atom is -0.478 e. The van der Waals surface area contributed by atoms with Gasteiger partial charge in [0.15, 0.2) is 0 Å². The van der Waals surface area contributed by atoms with Crippen LogP contribution in [0, 0.1) is 11.7 Å². The molecule has 1 aliphatic heterocycles. The maximum absolute atomic E-state index is 14.6. The summed E-state index contributed by atoms with van der Waals surface area (Å²) in [5.41, 5.74) is 1.47. The molecule has 156 valence electrons. The van der Waals surface area contributed by atoms with Crippen molar-refractivity contribution >= 4 is 11.7 Å². The van der Waals surface area contributed by atoms with Crippen molar-refractivity contribution in [1.29, 1.82) is 0 Å². The number of anilines is 1. The van der Waals surface area contributed by atoms with Gasteiger partial charge in [-0.15, -0.1) is 0 Å². The second kappa shape index (κ2) is 9.26. The van der Waals surface area contributed by atoms with Crippen LogP contribution in [0.25, 0.3) is 0 Å². The van der Waals surface area contributed by atoms with Gasteiger partial charge < -0.3 is 10.0 Å². The van der Waals surface area contributed by atoms with Gasteiger partial charge in [0.25, 0.3) is 0 Å². The summed E-state index contributed by atoms with van der Waals surface area (Å²) in [6, 6.07) is 6.21. The number of rotatable bonds is 7. The molecule has 2 heterocycles. The van der Waals surface area contributed by atoms with Crippen LogP contribution in [-0.4, -0.2) is 58.5 Å². The molecule has 0 spiro atoms. The lowest BCUT2D eigenvalue weighted by atomic mass is 9.98. The fraction of sp³-hybridized carbons (Fsp3) is 0.476. The number of aromatic nitrogens is 2. The lowest BCUT2D eigenvalue weighted by Gasteiger charge is -2.41. The second-order valence-electron chi connectivity index (χ2n) is 7.81.